The Bertz CT molecular complexity index is 1040. The van der Waals surface area contributed by atoms with Crippen LogP contribution in [0, 0.1) is 0 Å². The van der Waals surface area contributed by atoms with Crippen molar-refractivity contribution in [3.63, 3.8) is 0 Å². The van der Waals surface area contributed by atoms with Crippen molar-refractivity contribution in [2.45, 2.75) is 123 Å². The van der Waals surface area contributed by atoms with Crippen molar-refractivity contribution >= 4 is 5.97 Å². The van der Waals surface area contributed by atoms with Crippen molar-refractivity contribution in [3.8, 4) is 0 Å². The molecule has 23 heteroatoms. The lowest BCUT2D eigenvalue weighted by atomic mass is 9.95. The summed E-state index contributed by atoms with van der Waals surface area (Å²) in [7, 11) is 0. The fraction of sp³-hybridized carbons (Fsp3) is 0.962. The fourth-order valence-electron chi connectivity index (χ4n) is 5.84. The van der Waals surface area contributed by atoms with E-state index < -0.39 is 149 Å². The van der Waals surface area contributed by atoms with Crippen LogP contribution in [-0.2, 0) is 42.7 Å². The van der Waals surface area contributed by atoms with E-state index in [1.54, 1.807) is 0 Å². The Hall–Kier alpha value is -1.37. The Morgan fingerprint density at radius 2 is 0.857 bits per heavy atom. The first-order valence-electron chi connectivity index (χ1n) is 15.3. The van der Waals surface area contributed by atoms with Crippen LogP contribution < -0.4 is 5.73 Å². The number of hydrogen-bond donors (Lipinski definition) is 14. The molecule has 0 radical (unpaired) electrons. The number of carbonyl (C=O) groups is 1. The molecule has 4 rings (SSSR count). The van der Waals surface area contributed by atoms with E-state index >= 15 is 0 Å². The third-order valence-electron chi connectivity index (χ3n) is 8.55. The molecule has 20 atom stereocenters. The zero-order chi connectivity index (χ0) is 36.3. The summed E-state index contributed by atoms with van der Waals surface area (Å²) in [5.41, 5.74) is 5.37. The van der Waals surface area contributed by atoms with Crippen molar-refractivity contribution < 1.29 is 109 Å². The molecule has 0 aromatic rings. The van der Waals surface area contributed by atoms with Crippen molar-refractivity contribution in [2.75, 3.05) is 33.0 Å². The average Bonchev–Trinajstić information content (AvgIpc) is 3.08. The second-order valence-electron chi connectivity index (χ2n) is 11.8. The van der Waals surface area contributed by atoms with Gasteiger partial charge >= 0.3 is 5.97 Å². The Kier molecular flexibility index (Phi) is 14.4. The summed E-state index contributed by atoms with van der Waals surface area (Å²) in [5, 5.41) is 134. The summed E-state index contributed by atoms with van der Waals surface area (Å²) in [4.78, 5) is 11.4. The Morgan fingerprint density at radius 1 is 0.510 bits per heavy atom. The Balaban J connectivity index is 1.43. The predicted molar refractivity (Wildman–Crippen MR) is 147 cm³/mol. The topological polar surface area (TPSA) is 380 Å². The first-order valence-corrected chi connectivity index (χ1v) is 15.3. The van der Waals surface area contributed by atoms with Crippen LogP contribution in [0.3, 0.4) is 0 Å². The minimum Gasteiger partial charge on any atom is -0.479 e. The molecule has 23 nitrogen and oxygen atoms in total. The molecule has 4 aliphatic heterocycles. The van der Waals surface area contributed by atoms with Crippen LogP contribution in [0.2, 0.25) is 0 Å². The molecule has 8 unspecified atom stereocenters. The first kappa shape index (κ1) is 40.4. The Morgan fingerprint density at radius 3 is 1.22 bits per heavy atom. The predicted octanol–water partition coefficient (Wildman–Crippen LogP) is -9.67. The highest BCUT2D eigenvalue weighted by atomic mass is 16.8. The smallest absolute Gasteiger partial charge is 0.335 e. The van der Waals surface area contributed by atoms with E-state index in [4.69, 9.17) is 43.6 Å². The SMILES string of the molecule is NCCO[C@H]1OC(CO)[C@H](O[C@H]2OC(CO)[C@@H](O[C@@H]3OC(CO)[C@@H](O[C@@H]4OC(C(=O)O)[C@@H](O)C(O)[C@@H]4O)C(O)[C@@H]3O)[C@H](O)C2O)[C@H](O)C1O. The van der Waals surface area contributed by atoms with E-state index in [1.807, 2.05) is 0 Å². The van der Waals surface area contributed by atoms with Crippen LogP contribution in [0.4, 0.5) is 0 Å². The highest BCUT2D eigenvalue weighted by molar-refractivity contribution is 5.73. The molecule has 0 aromatic heterocycles. The lowest BCUT2D eigenvalue weighted by molar-refractivity contribution is -0.387. The van der Waals surface area contributed by atoms with Gasteiger partial charge in [-0.1, -0.05) is 0 Å². The zero-order valence-electron chi connectivity index (χ0n) is 25.6. The van der Waals surface area contributed by atoms with Crippen molar-refractivity contribution in [2.24, 2.45) is 5.73 Å². The zero-order valence-corrected chi connectivity index (χ0v) is 25.6. The Labute approximate surface area is 277 Å². The number of aliphatic hydroxyl groups is 12. The van der Waals surface area contributed by atoms with Gasteiger partial charge in [0, 0.05) is 6.54 Å². The van der Waals surface area contributed by atoms with Gasteiger partial charge in [-0.15, -0.1) is 0 Å². The molecule has 0 spiro atoms. The van der Waals surface area contributed by atoms with E-state index in [0.29, 0.717) is 0 Å². The van der Waals surface area contributed by atoms with Crippen LogP contribution in [-0.4, -0.2) is 228 Å². The molecule has 0 amide bonds. The number of aliphatic carboxylic acids is 1. The molecule has 4 fully saturated rings. The molecular formula is C26H45NO22. The van der Waals surface area contributed by atoms with Crippen molar-refractivity contribution in [3.05, 3.63) is 0 Å². The molecule has 0 aliphatic carbocycles. The van der Waals surface area contributed by atoms with Crippen LogP contribution in [0.15, 0.2) is 0 Å². The summed E-state index contributed by atoms with van der Waals surface area (Å²) in [6, 6.07) is 0. The summed E-state index contributed by atoms with van der Waals surface area (Å²) < 4.78 is 43.3. The van der Waals surface area contributed by atoms with E-state index in [1.165, 1.54) is 0 Å². The molecule has 15 N–H and O–H groups in total. The van der Waals surface area contributed by atoms with E-state index in [-0.39, 0.29) is 13.2 Å². The molecule has 0 aromatic carbocycles. The number of nitrogens with two attached hydrogens (primary N) is 1. The lowest BCUT2D eigenvalue weighted by Gasteiger charge is -2.49. The van der Waals surface area contributed by atoms with Gasteiger partial charge in [-0.3, -0.25) is 0 Å². The average molecular weight is 724 g/mol. The minimum absolute atomic E-state index is 0.0559. The van der Waals surface area contributed by atoms with E-state index in [9.17, 15) is 71.2 Å². The monoisotopic (exact) mass is 723 g/mol. The van der Waals surface area contributed by atoms with Gasteiger partial charge in [0.15, 0.2) is 31.3 Å². The number of rotatable bonds is 13. The van der Waals surface area contributed by atoms with Gasteiger partial charge in [-0.25, -0.2) is 4.79 Å². The normalized spacial score (nSPS) is 49.5. The third-order valence-corrected chi connectivity index (χ3v) is 8.55. The molecule has 286 valence electrons. The highest BCUT2D eigenvalue weighted by Gasteiger charge is 2.55. The van der Waals surface area contributed by atoms with Gasteiger partial charge in [-0.05, 0) is 0 Å². The number of carboxylic acids is 1. The largest absolute Gasteiger partial charge is 0.479 e. The van der Waals surface area contributed by atoms with Crippen LogP contribution in [0.25, 0.3) is 0 Å². The number of aliphatic hydroxyl groups excluding tert-OH is 12. The fourth-order valence-corrected chi connectivity index (χ4v) is 5.84. The quantitative estimate of drug-likeness (QED) is 0.0838. The molecule has 4 heterocycles. The number of carboxylic acid groups (broad SMARTS) is 1. The summed E-state index contributed by atoms with van der Waals surface area (Å²) >= 11 is 0. The summed E-state index contributed by atoms with van der Waals surface area (Å²) in [6.45, 7) is -2.65. The van der Waals surface area contributed by atoms with Crippen LogP contribution in [0.1, 0.15) is 0 Å². The summed E-state index contributed by atoms with van der Waals surface area (Å²) in [6.07, 6.45) is -36.7. The van der Waals surface area contributed by atoms with Gasteiger partial charge in [0.25, 0.3) is 0 Å². The molecule has 4 saturated heterocycles. The molecular weight excluding hydrogens is 678 g/mol. The van der Waals surface area contributed by atoms with Crippen LogP contribution in [0.5, 0.6) is 0 Å². The van der Waals surface area contributed by atoms with Gasteiger partial charge in [0.1, 0.15) is 91.6 Å². The maximum absolute atomic E-state index is 11.4. The standard InChI is InChI=1S/C26H45NO22/c27-1-2-42-23-15(37)11(33)18(6(3-28)43-23)46-24-16(38)12(34)19(7(4-29)44-24)47-25-17(39)13(35)20(8(5-30)45-25)48-26-14(36)9(31)10(32)21(49-26)22(40)41/h6-21,23-26,28-39H,1-5,27H2,(H,40,41)/t6?,7?,8?,9?,10-,11+,12+,13?,14-,15?,16?,17-,18-,19+,20+,21?,23-,24+,25-,26+/m0/s1. The minimum atomic E-state index is -2.09. The second-order valence-corrected chi connectivity index (χ2v) is 11.8. The maximum Gasteiger partial charge on any atom is 0.335 e. The second kappa shape index (κ2) is 17.4. The third kappa shape index (κ3) is 8.48. The number of hydrogen-bond acceptors (Lipinski definition) is 22. The molecule has 0 bridgehead atoms. The van der Waals surface area contributed by atoms with E-state index in [2.05, 4.69) is 0 Å². The first-order chi connectivity index (χ1) is 23.2. The van der Waals surface area contributed by atoms with Gasteiger partial charge in [-0.2, -0.15) is 0 Å². The maximum atomic E-state index is 11.4. The molecule has 0 saturated carbocycles. The van der Waals surface area contributed by atoms with Crippen molar-refractivity contribution in [1.29, 1.82) is 0 Å². The molecule has 4 aliphatic rings. The lowest BCUT2D eigenvalue weighted by Crippen LogP contribution is -2.67. The van der Waals surface area contributed by atoms with E-state index in [0.717, 1.165) is 0 Å². The van der Waals surface area contributed by atoms with Gasteiger partial charge in [0.2, 0.25) is 0 Å². The highest BCUT2D eigenvalue weighted by Crippen LogP contribution is 2.34. The summed E-state index contributed by atoms with van der Waals surface area (Å²) in [5.74, 6) is -1.73. The van der Waals surface area contributed by atoms with Gasteiger partial charge in [0.05, 0.1) is 26.4 Å². The van der Waals surface area contributed by atoms with Crippen molar-refractivity contribution in [1.82, 2.24) is 0 Å². The van der Waals surface area contributed by atoms with Gasteiger partial charge < -0.3 is 110 Å². The van der Waals surface area contributed by atoms with Crippen LogP contribution >= 0.6 is 0 Å². The molecule has 49 heavy (non-hydrogen) atoms. The number of ether oxygens (including phenoxy) is 8.